The summed E-state index contributed by atoms with van der Waals surface area (Å²) in [7, 11) is 0. The van der Waals surface area contributed by atoms with E-state index in [9.17, 15) is 28.8 Å². The fourth-order valence-electron chi connectivity index (χ4n) is 2.33. The molecule has 0 aromatic rings. The molecule has 0 radical (unpaired) electrons. The first-order valence-corrected chi connectivity index (χ1v) is 9.93. The summed E-state index contributed by atoms with van der Waals surface area (Å²) in [6.45, 7) is 3.15. The fourth-order valence-corrected chi connectivity index (χ4v) is 2.58. The number of aliphatic carboxylic acids is 2. The lowest BCUT2D eigenvalue weighted by Gasteiger charge is -2.26. The molecule has 0 aliphatic carbocycles. The molecule has 0 bridgehead atoms. The van der Waals surface area contributed by atoms with Gasteiger partial charge in [-0.25, -0.2) is 4.79 Å². The maximum atomic E-state index is 12.5. The number of hydrogen-bond donors (Lipinski definition) is 8. The van der Waals surface area contributed by atoms with Crippen LogP contribution in [-0.2, 0) is 28.8 Å². The van der Waals surface area contributed by atoms with Gasteiger partial charge in [0.15, 0.2) is 0 Å². The predicted molar refractivity (Wildman–Crippen MR) is 111 cm³/mol. The molecule has 0 saturated carbocycles. The van der Waals surface area contributed by atoms with Crippen molar-refractivity contribution in [1.29, 1.82) is 0 Å². The first-order chi connectivity index (χ1) is 14.3. The summed E-state index contributed by atoms with van der Waals surface area (Å²) in [4.78, 5) is 69.8. The van der Waals surface area contributed by atoms with E-state index in [0.717, 1.165) is 0 Å². The van der Waals surface area contributed by atoms with E-state index in [1.54, 1.807) is 13.8 Å². The van der Waals surface area contributed by atoms with Crippen LogP contribution in [0.5, 0.6) is 0 Å². The Morgan fingerprint density at radius 3 is 1.87 bits per heavy atom. The Morgan fingerprint density at radius 2 is 1.45 bits per heavy atom. The van der Waals surface area contributed by atoms with Crippen LogP contribution in [0, 0.1) is 5.92 Å². The third-order valence-electron chi connectivity index (χ3n) is 4.09. The van der Waals surface area contributed by atoms with E-state index in [2.05, 4.69) is 28.6 Å². The van der Waals surface area contributed by atoms with Crippen molar-refractivity contribution in [3.05, 3.63) is 0 Å². The molecule has 9 N–H and O–H groups in total. The molecule has 0 aromatic heterocycles. The summed E-state index contributed by atoms with van der Waals surface area (Å²) >= 11 is 3.99. The van der Waals surface area contributed by atoms with Crippen LogP contribution in [0.3, 0.4) is 0 Å². The number of nitrogens with two attached hydrogens (primary N) is 2. The lowest BCUT2D eigenvalue weighted by molar-refractivity contribution is -0.147. The molecule has 4 unspecified atom stereocenters. The fraction of sp³-hybridized carbons (Fsp3) is 0.647. The summed E-state index contributed by atoms with van der Waals surface area (Å²) in [5.74, 6) is -6.68. The summed E-state index contributed by atoms with van der Waals surface area (Å²) in [5, 5.41) is 24.7. The molecule has 0 heterocycles. The van der Waals surface area contributed by atoms with Gasteiger partial charge in [-0.15, -0.1) is 0 Å². The number of rotatable bonds is 14. The molecule has 13 nitrogen and oxygen atoms in total. The zero-order valence-electron chi connectivity index (χ0n) is 17.2. The summed E-state index contributed by atoms with van der Waals surface area (Å²) in [6, 6.07) is -5.18. The van der Waals surface area contributed by atoms with Crippen LogP contribution in [0.15, 0.2) is 0 Å². The minimum Gasteiger partial charge on any atom is -0.481 e. The number of hydrogen-bond acceptors (Lipinski definition) is 8. The maximum absolute atomic E-state index is 12.5. The van der Waals surface area contributed by atoms with Gasteiger partial charge in [0.05, 0.1) is 12.5 Å². The zero-order chi connectivity index (χ0) is 24.3. The Hall–Kier alpha value is -2.87. The third kappa shape index (κ3) is 10.6. The Kier molecular flexibility index (Phi) is 12.2. The van der Waals surface area contributed by atoms with Crippen molar-refractivity contribution in [2.75, 3.05) is 5.75 Å². The van der Waals surface area contributed by atoms with Crippen LogP contribution in [-0.4, -0.2) is 75.7 Å². The second kappa shape index (κ2) is 13.4. The molecule has 4 amide bonds. The summed E-state index contributed by atoms with van der Waals surface area (Å²) in [5.41, 5.74) is 10.6. The zero-order valence-corrected chi connectivity index (χ0v) is 18.1. The average Bonchev–Trinajstić information content (AvgIpc) is 2.66. The largest absolute Gasteiger partial charge is 0.481 e. The predicted octanol–water partition coefficient (Wildman–Crippen LogP) is -2.82. The van der Waals surface area contributed by atoms with Crippen LogP contribution in [0.25, 0.3) is 0 Å². The number of carbonyl (C=O) groups is 6. The van der Waals surface area contributed by atoms with Gasteiger partial charge in [-0.05, 0) is 12.3 Å². The van der Waals surface area contributed by atoms with Crippen LogP contribution >= 0.6 is 12.6 Å². The number of amides is 4. The Bertz CT molecular complexity index is 702. The van der Waals surface area contributed by atoms with Gasteiger partial charge in [-0.1, -0.05) is 13.8 Å². The molecule has 0 fully saturated rings. The molecule has 0 saturated heterocycles. The molecule has 0 rings (SSSR count). The third-order valence-corrected chi connectivity index (χ3v) is 4.46. The van der Waals surface area contributed by atoms with Crippen LogP contribution in [0.1, 0.15) is 33.1 Å². The highest BCUT2D eigenvalue weighted by Crippen LogP contribution is 2.05. The van der Waals surface area contributed by atoms with Crippen molar-refractivity contribution in [1.82, 2.24) is 16.0 Å². The van der Waals surface area contributed by atoms with E-state index in [1.807, 2.05) is 0 Å². The Labute approximate surface area is 184 Å². The second-order valence-corrected chi connectivity index (χ2v) is 7.45. The first-order valence-electron chi connectivity index (χ1n) is 9.30. The molecule has 0 aliphatic rings. The van der Waals surface area contributed by atoms with Gasteiger partial charge in [-0.3, -0.25) is 24.0 Å². The standard InChI is InChI=1S/C17H29N5O8S/c1-7(2)13(16(28)20-9(17(29)30)5-12(24)25)22-15(27)10(6-31)21-14(26)8(18)3-4-11(19)23/h7-10,13,31H,3-6,18H2,1-2H3,(H2,19,23)(H,20,28)(H,21,26)(H,22,27)(H,24,25)(H,29,30). The highest BCUT2D eigenvalue weighted by Gasteiger charge is 2.32. The lowest BCUT2D eigenvalue weighted by atomic mass is 10.0. The highest BCUT2D eigenvalue weighted by molar-refractivity contribution is 7.80. The van der Waals surface area contributed by atoms with E-state index in [1.165, 1.54) is 0 Å². The van der Waals surface area contributed by atoms with Gasteiger partial charge in [0.25, 0.3) is 0 Å². The molecule has 0 spiro atoms. The van der Waals surface area contributed by atoms with Gasteiger partial charge in [0.2, 0.25) is 23.6 Å². The quantitative estimate of drug-likeness (QED) is 0.124. The topological polar surface area (TPSA) is 231 Å². The number of carboxylic acids is 2. The van der Waals surface area contributed by atoms with Crippen molar-refractivity contribution in [3.8, 4) is 0 Å². The van der Waals surface area contributed by atoms with E-state index >= 15 is 0 Å². The molecular formula is C17H29N5O8S. The SMILES string of the molecule is CC(C)C(NC(=O)C(CS)NC(=O)C(N)CCC(N)=O)C(=O)NC(CC(=O)O)C(=O)O. The van der Waals surface area contributed by atoms with E-state index < -0.39 is 72.1 Å². The van der Waals surface area contributed by atoms with Crippen LogP contribution in [0.4, 0.5) is 0 Å². The number of primary amides is 1. The van der Waals surface area contributed by atoms with Crippen molar-refractivity contribution in [2.24, 2.45) is 17.4 Å². The van der Waals surface area contributed by atoms with Crippen molar-refractivity contribution < 1.29 is 39.0 Å². The van der Waals surface area contributed by atoms with E-state index in [-0.39, 0.29) is 18.6 Å². The summed E-state index contributed by atoms with van der Waals surface area (Å²) in [6.07, 6.45) is -0.999. The summed E-state index contributed by atoms with van der Waals surface area (Å²) < 4.78 is 0. The second-order valence-electron chi connectivity index (χ2n) is 7.08. The van der Waals surface area contributed by atoms with Gasteiger partial charge in [0.1, 0.15) is 18.1 Å². The van der Waals surface area contributed by atoms with Gasteiger partial charge >= 0.3 is 11.9 Å². The first kappa shape index (κ1) is 28.1. The van der Waals surface area contributed by atoms with Crippen molar-refractivity contribution in [2.45, 2.75) is 57.3 Å². The van der Waals surface area contributed by atoms with Gasteiger partial charge < -0.3 is 37.6 Å². The van der Waals surface area contributed by atoms with Crippen molar-refractivity contribution in [3.63, 3.8) is 0 Å². The van der Waals surface area contributed by atoms with E-state index in [0.29, 0.717) is 0 Å². The monoisotopic (exact) mass is 463 g/mol. The van der Waals surface area contributed by atoms with Crippen LogP contribution < -0.4 is 27.4 Å². The number of carbonyl (C=O) groups excluding carboxylic acids is 4. The lowest BCUT2D eigenvalue weighted by Crippen LogP contribution is -2.59. The molecule has 4 atom stereocenters. The average molecular weight is 464 g/mol. The molecule has 0 aromatic carbocycles. The Morgan fingerprint density at radius 1 is 0.903 bits per heavy atom. The van der Waals surface area contributed by atoms with E-state index in [4.69, 9.17) is 21.7 Å². The van der Waals surface area contributed by atoms with Gasteiger partial charge in [0, 0.05) is 12.2 Å². The number of nitrogens with one attached hydrogen (secondary N) is 3. The highest BCUT2D eigenvalue weighted by atomic mass is 32.1. The molecule has 14 heteroatoms. The maximum Gasteiger partial charge on any atom is 0.326 e. The van der Waals surface area contributed by atoms with Crippen LogP contribution in [0.2, 0.25) is 0 Å². The number of thiol groups is 1. The molecule has 0 aliphatic heterocycles. The Balaban J connectivity index is 5.16. The van der Waals surface area contributed by atoms with Crippen molar-refractivity contribution >= 4 is 48.2 Å². The smallest absolute Gasteiger partial charge is 0.326 e. The minimum absolute atomic E-state index is 0.0285. The molecular weight excluding hydrogens is 434 g/mol. The molecule has 176 valence electrons. The molecule has 31 heavy (non-hydrogen) atoms. The normalized spacial score (nSPS) is 14.6. The minimum atomic E-state index is -1.69. The van der Waals surface area contributed by atoms with Gasteiger partial charge in [-0.2, -0.15) is 12.6 Å². The number of carboxylic acid groups (broad SMARTS) is 2.